The van der Waals surface area contributed by atoms with Crippen LogP contribution in [0.3, 0.4) is 0 Å². The number of carbonyl (C=O) groups is 2. The fourth-order valence-electron chi connectivity index (χ4n) is 5.94. The molecule has 1 rings (SSSR count). The third-order valence-electron chi connectivity index (χ3n) is 9.76. The van der Waals surface area contributed by atoms with Gasteiger partial charge in [0.15, 0.2) is 6.10 Å². The predicted molar refractivity (Wildman–Crippen MR) is 218 cm³/mol. The predicted octanol–water partition coefficient (Wildman–Crippen LogP) is 10.0. The van der Waals surface area contributed by atoms with Crippen LogP contribution in [0.25, 0.3) is 0 Å². The Morgan fingerprint density at radius 1 is 0.727 bits per heavy atom. The second-order valence-electron chi connectivity index (χ2n) is 15.0. The van der Waals surface area contributed by atoms with Crippen molar-refractivity contribution in [1.29, 1.82) is 0 Å². The highest BCUT2D eigenvalue weighted by atomic mass is 31.2. The summed E-state index contributed by atoms with van der Waals surface area (Å²) in [6.07, 6.45) is 34.3. The van der Waals surface area contributed by atoms with E-state index in [1.807, 2.05) is 12.2 Å². The molecule has 0 radical (unpaired) electrons. The summed E-state index contributed by atoms with van der Waals surface area (Å²) in [7, 11) is -4.63. The number of esters is 2. The molecule has 1 aliphatic rings. The van der Waals surface area contributed by atoms with Gasteiger partial charge in [0.25, 0.3) is 0 Å². The maximum absolute atomic E-state index is 12.6. The van der Waals surface area contributed by atoms with Crippen molar-refractivity contribution in [2.24, 2.45) is 5.92 Å². The van der Waals surface area contributed by atoms with Crippen molar-refractivity contribution in [3.05, 3.63) is 36.5 Å². The molecule has 1 fully saturated rings. The molecule has 0 spiro atoms. The van der Waals surface area contributed by atoms with Gasteiger partial charge in [-0.25, -0.2) is 4.57 Å². The Bertz CT molecular complexity index is 1090. The van der Waals surface area contributed by atoms with Crippen molar-refractivity contribution in [3.8, 4) is 0 Å². The monoisotopic (exact) mass is 801 g/mol. The normalized spacial score (nSPS) is 18.5. The van der Waals surface area contributed by atoms with Crippen molar-refractivity contribution < 1.29 is 52.5 Å². The number of allylic oxidation sites excluding steroid dienone is 5. The highest BCUT2D eigenvalue weighted by Gasteiger charge is 2.36. The van der Waals surface area contributed by atoms with Gasteiger partial charge in [0.05, 0.1) is 32.0 Å². The molecule has 0 aliphatic carbocycles. The SMILES string of the molecule is CCCCCC1OC1C/C=C\C/C=C\C/C=C\CCCC(=O)O[C@H](COC(=O)CCCCCCCCCCCCC(C)CC)COP(=O)(O)OC[C@@H](O)CO. The molecule has 320 valence electrons. The third-order valence-corrected chi connectivity index (χ3v) is 10.7. The molecular weight excluding hydrogens is 723 g/mol. The number of epoxide rings is 1. The minimum atomic E-state index is -4.63. The van der Waals surface area contributed by atoms with Crippen molar-refractivity contribution in [3.63, 3.8) is 0 Å². The Morgan fingerprint density at radius 2 is 1.33 bits per heavy atom. The number of aliphatic hydroxyl groups excluding tert-OH is 2. The van der Waals surface area contributed by atoms with Crippen LogP contribution in [-0.4, -0.2) is 77.9 Å². The first-order chi connectivity index (χ1) is 26.6. The summed E-state index contributed by atoms with van der Waals surface area (Å²) in [5.41, 5.74) is 0. The summed E-state index contributed by atoms with van der Waals surface area (Å²) < 4.78 is 38.4. The van der Waals surface area contributed by atoms with Crippen LogP contribution < -0.4 is 0 Å². The van der Waals surface area contributed by atoms with Crippen LogP contribution in [0.4, 0.5) is 0 Å². The van der Waals surface area contributed by atoms with Crippen molar-refractivity contribution in [2.75, 3.05) is 26.4 Å². The van der Waals surface area contributed by atoms with Gasteiger partial charge in [-0.3, -0.25) is 18.6 Å². The molecule has 0 amide bonds. The van der Waals surface area contributed by atoms with Crippen LogP contribution in [0.5, 0.6) is 0 Å². The molecule has 1 saturated heterocycles. The lowest BCUT2D eigenvalue weighted by Gasteiger charge is -2.20. The minimum Gasteiger partial charge on any atom is -0.462 e. The molecule has 12 heteroatoms. The Hall–Kier alpha value is -1.85. The van der Waals surface area contributed by atoms with Crippen molar-refractivity contribution in [1.82, 2.24) is 0 Å². The van der Waals surface area contributed by atoms with E-state index < -0.39 is 51.8 Å². The summed E-state index contributed by atoms with van der Waals surface area (Å²) in [5.74, 6) is -0.158. The summed E-state index contributed by atoms with van der Waals surface area (Å²) >= 11 is 0. The molecule has 6 atom stereocenters. The molecule has 11 nitrogen and oxygen atoms in total. The van der Waals surface area contributed by atoms with Crippen LogP contribution in [0, 0.1) is 5.92 Å². The molecule has 0 aromatic rings. The lowest BCUT2D eigenvalue weighted by atomic mass is 9.99. The number of hydrogen-bond acceptors (Lipinski definition) is 10. The van der Waals surface area contributed by atoms with Gasteiger partial charge in [-0.2, -0.15) is 0 Å². The molecule has 55 heavy (non-hydrogen) atoms. The van der Waals surface area contributed by atoms with Gasteiger partial charge in [-0.15, -0.1) is 0 Å². The molecule has 0 bridgehead atoms. The molecular formula is C43H77O11P. The molecule has 0 saturated carbocycles. The number of hydrogen-bond donors (Lipinski definition) is 3. The van der Waals surface area contributed by atoms with E-state index >= 15 is 0 Å². The van der Waals surface area contributed by atoms with Gasteiger partial charge in [0, 0.05) is 12.8 Å². The second kappa shape index (κ2) is 34.2. The van der Waals surface area contributed by atoms with E-state index in [1.54, 1.807) is 0 Å². The molecule has 4 unspecified atom stereocenters. The zero-order valence-electron chi connectivity index (χ0n) is 34.5. The van der Waals surface area contributed by atoms with E-state index in [-0.39, 0.29) is 19.4 Å². The Kier molecular flexibility index (Phi) is 31.8. The smallest absolute Gasteiger partial charge is 0.462 e. The molecule has 3 N–H and O–H groups in total. The lowest BCUT2D eigenvalue weighted by Crippen LogP contribution is -2.29. The number of phosphoric ester groups is 1. The quantitative estimate of drug-likeness (QED) is 0.0179. The van der Waals surface area contributed by atoms with Gasteiger partial charge >= 0.3 is 19.8 Å². The summed E-state index contributed by atoms with van der Waals surface area (Å²) in [4.78, 5) is 35.0. The van der Waals surface area contributed by atoms with E-state index in [2.05, 4.69) is 49.6 Å². The van der Waals surface area contributed by atoms with Gasteiger partial charge in [0.1, 0.15) is 12.7 Å². The first-order valence-corrected chi connectivity index (χ1v) is 23.0. The fraction of sp³-hybridized carbons (Fsp3) is 0.814. The Morgan fingerprint density at radius 3 is 1.98 bits per heavy atom. The minimum absolute atomic E-state index is 0.105. The molecule has 0 aromatic heterocycles. The van der Waals surface area contributed by atoms with Crippen LogP contribution in [-0.2, 0) is 37.4 Å². The number of carbonyl (C=O) groups excluding carboxylic acids is 2. The van der Waals surface area contributed by atoms with Gasteiger partial charge in [0.2, 0.25) is 0 Å². The van der Waals surface area contributed by atoms with Crippen LogP contribution in [0.1, 0.15) is 168 Å². The largest absolute Gasteiger partial charge is 0.472 e. The fourth-order valence-corrected chi connectivity index (χ4v) is 6.73. The second-order valence-corrected chi connectivity index (χ2v) is 16.5. The Balaban J connectivity index is 2.30. The van der Waals surface area contributed by atoms with Crippen LogP contribution in [0.15, 0.2) is 36.5 Å². The number of ether oxygens (including phenoxy) is 3. The summed E-state index contributed by atoms with van der Waals surface area (Å²) in [5, 5.41) is 18.3. The zero-order chi connectivity index (χ0) is 40.4. The van der Waals surface area contributed by atoms with E-state index in [9.17, 15) is 24.2 Å². The Labute approximate surface area is 333 Å². The number of aliphatic hydroxyl groups is 2. The number of rotatable bonds is 38. The maximum Gasteiger partial charge on any atom is 0.472 e. The van der Waals surface area contributed by atoms with Gasteiger partial charge in [-0.05, 0) is 50.9 Å². The highest BCUT2D eigenvalue weighted by Crippen LogP contribution is 2.43. The van der Waals surface area contributed by atoms with Crippen molar-refractivity contribution >= 4 is 19.8 Å². The average Bonchev–Trinajstić information content (AvgIpc) is 3.93. The van der Waals surface area contributed by atoms with Crippen LogP contribution in [0.2, 0.25) is 0 Å². The van der Waals surface area contributed by atoms with E-state index in [0.717, 1.165) is 44.4 Å². The van der Waals surface area contributed by atoms with E-state index in [1.165, 1.54) is 77.0 Å². The number of unbranched alkanes of at least 4 members (excludes halogenated alkanes) is 12. The summed E-state index contributed by atoms with van der Waals surface area (Å²) in [6, 6.07) is 0. The summed E-state index contributed by atoms with van der Waals surface area (Å²) in [6.45, 7) is 4.62. The average molecular weight is 801 g/mol. The topological polar surface area (TPSA) is 161 Å². The first-order valence-electron chi connectivity index (χ1n) is 21.5. The van der Waals surface area contributed by atoms with Gasteiger partial charge < -0.3 is 29.3 Å². The first kappa shape index (κ1) is 51.2. The molecule has 0 aromatic carbocycles. The lowest BCUT2D eigenvalue weighted by molar-refractivity contribution is -0.161. The standard InChI is InChI=1S/C43H77O11P/c1-4-6-23-29-40-41(54-40)30-25-20-16-12-8-10-14-18-22-27-32-43(47)53-39(36-52-55(48,49)51-34-38(45)33-44)35-50-42(46)31-26-21-17-13-9-7-11-15-19-24-28-37(3)5-2/h8,12,14,18,20,25,37-41,44-45H,4-7,9-11,13,15-17,19,21-24,26-36H2,1-3H3,(H,48,49)/b12-8-,18-14-,25-20-/t37?,38-,39+,40?,41?/m0/s1. The maximum atomic E-state index is 12.6. The van der Waals surface area contributed by atoms with Crippen LogP contribution >= 0.6 is 7.82 Å². The zero-order valence-corrected chi connectivity index (χ0v) is 35.4. The highest BCUT2D eigenvalue weighted by molar-refractivity contribution is 7.47. The van der Waals surface area contributed by atoms with Crippen molar-refractivity contribution in [2.45, 2.75) is 193 Å². The third kappa shape index (κ3) is 31.9. The van der Waals surface area contributed by atoms with Gasteiger partial charge in [-0.1, -0.05) is 147 Å². The number of phosphoric acid groups is 1. The van der Waals surface area contributed by atoms with E-state index in [4.69, 9.17) is 23.8 Å². The van der Waals surface area contributed by atoms with E-state index in [0.29, 0.717) is 31.5 Å². The molecule has 1 aliphatic heterocycles. The molecule has 1 heterocycles.